The number of amides is 1. The van der Waals surface area contributed by atoms with Crippen LogP contribution in [0.25, 0.3) is 0 Å². The predicted molar refractivity (Wildman–Crippen MR) is 119 cm³/mol. The second kappa shape index (κ2) is 7.96. The van der Waals surface area contributed by atoms with Crippen LogP contribution in [0.2, 0.25) is 0 Å². The van der Waals surface area contributed by atoms with Crippen molar-refractivity contribution in [1.82, 2.24) is 24.1 Å². The number of hydrogen-bond donors (Lipinski definition) is 1. The number of hydrogen-bond acceptors (Lipinski definition) is 5. The van der Waals surface area contributed by atoms with Gasteiger partial charge >= 0.3 is 0 Å². The van der Waals surface area contributed by atoms with E-state index in [9.17, 15) is 13.2 Å². The molecule has 1 aromatic carbocycles. The van der Waals surface area contributed by atoms with Gasteiger partial charge in [0.05, 0.1) is 18.6 Å². The van der Waals surface area contributed by atoms with Crippen molar-refractivity contribution in [3.05, 3.63) is 64.4 Å². The lowest BCUT2D eigenvalue weighted by atomic mass is 9.92. The summed E-state index contributed by atoms with van der Waals surface area (Å²) in [6, 6.07) is 5.83. The van der Waals surface area contributed by atoms with Crippen LogP contribution in [0.5, 0.6) is 0 Å². The number of nitrogens with one attached hydrogen (secondary N) is 1. The van der Waals surface area contributed by atoms with Crippen molar-refractivity contribution in [2.45, 2.75) is 58.5 Å². The van der Waals surface area contributed by atoms with Crippen molar-refractivity contribution < 1.29 is 13.2 Å². The number of aryl methyl sites for hydroxylation is 4. The van der Waals surface area contributed by atoms with Gasteiger partial charge in [0.2, 0.25) is 0 Å². The normalized spacial score (nSPS) is 12.2. The van der Waals surface area contributed by atoms with Gasteiger partial charge in [-0.1, -0.05) is 38.5 Å². The van der Waals surface area contributed by atoms with Crippen molar-refractivity contribution in [2.75, 3.05) is 0 Å². The molecule has 2 heterocycles. The molecule has 0 fully saturated rings. The Bertz CT molecular complexity index is 1220. The molecule has 8 nitrogen and oxygen atoms in total. The highest BCUT2D eigenvalue weighted by molar-refractivity contribution is 7.90. The molecule has 0 aliphatic rings. The molecule has 0 saturated carbocycles. The first-order valence-corrected chi connectivity index (χ1v) is 11.5. The summed E-state index contributed by atoms with van der Waals surface area (Å²) >= 11 is 0. The second-order valence-corrected chi connectivity index (χ2v) is 10.6. The lowest BCUT2D eigenvalue weighted by Crippen LogP contribution is -2.32. The zero-order valence-electron chi connectivity index (χ0n) is 19.0. The van der Waals surface area contributed by atoms with Gasteiger partial charge in [0, 0.05) is 18.7 Å². The Morgan fingerprint density at radius 1 is 1.10 bits per heavy atom. The van der Waals surface area contributed by atoms with E-state index in [-0.39, 0.29) is 16.1 Å². The summed E-state index contributed by atoms with van der Waals surface area (Å²) in [6.45, 7) is 12.4. The van der Waals surface area contributed by atoms with Crippen LogP contribution in [-0.2, 0) is 29.0 Å². The Morgan fingerprint density at radius 2 is 1.71 bits per heavy atom. The number of nitrogens with zero attached hydrogens (tertiary/aromatic N) is 4. The van der Waals surface area contributed by atoms with Crippen LogP contribution in [0.1, 0.15) is 59.2 Å². The second-order valence-electron chi connectivity index (χ2n) is 9.01. The monoisotopic (exact) mass is 443 g/mol. The van der Waals surface area contributed by atoms with E-state index in [1.165, 1.54) is 17.1 Å². The van der Waals surface area contributed by atoms with Gasteiger partial charge in [-0.25, -0.2) is 9.71 Å². The maximum atomic E-state index is 13.0. The number of carbonyl (C=O) groups excluding carboxylic acids is 1. The van der Waals surface area contributed by atoms with Crippen LogP contribution in [0, 0.1) is 20.8 Å². The van der Waals surface area contributed by atoms with Crippen molar-refractivity contribution in [3.63, 3.8) is 0 Å². The minimum Gasteiger partial charge on any atom is -0.339 e. The third kappa shape index (κ3) is 4.87. The number of imidazole rings is 1. The third-order valence-corrected chi connectivity index (χ3v) is 6.33. The lowest BCUT2D eigenvalue weighted by molar-refractivity contribution is 0.0971. The summed E-state index contributed by atoms with van der Waals surface area (Å²) in [5.41, 5.74) is 4.98. The molecule has 9 heteroatoms. The van der Waals surface area contributed by atoms with Gasteiger partial charge in [0.15, 0.2) is 5.03 Å². The summed E-state index contributed by atoms with van der Waals surface area (Å²) in [5.74, 6) is -0.740. The SMILES string of the molecule is Cc1cc(C)c(Cn2nc(C(C)(C)C)cc2C(=O)NS(=O)(=O)c2cn(C)cn2)c(C)c1. The molecule has 0 aliphatic carbocycles. The lowest BCUT2D eigenvalue weighted by Gasteiger charge is -2.15. The standard InChI is InChI=1S/C22H29N5O3S/c1-14-8-15(2)17(16(3)9-14)11-27-18(10-19(24-27)22(4,5)6)21(28)25-31(29,30)20-12-26(7)13-23-20/h8-10,12-13H,11H2,1-7H3,(H,25,28). The highest BCUT2D eigenvalue weighted by atomic mass is 32.2. The summed E-state index contributed by atoms with van der Waals surface area (Å²) < 4.78 is 30.4. The summed E-state index contributed by atoms with van der Waals surface area (Å²) in [5, 5.41) is 4.44. The number of benzene rings is 1. The van der Waals surface area contributed by atoms with Crippen LogP contribution in [0.3, 0.4) is 0 Å². The van der Waals surface area contributed by atoms with Gasteiger partial charge in [-0.3, -0.25) is 9.48 Å². The van der Waals surface area contributed by atoms with Crippen LogP contribution >= 0.6 is 0 Å². The van der Waals surface area contributed by atoms with Gasteiger partial charge in [0.1, 0.15) is 5.69 Å². The van der Waals surface area contributed by atoms with Crippen molar-refractivity contribution >= 4 is 15.9 Å². The summed E-state index contributed by atoms with van der Waals surface area (Å²) in [7, 11) is -2.44. The Kier molecular flexibility index (Phi) is 5.84. The van der Waals surface area contributed by atoms with Gasteiger partial charge in [-0.2, -0.15) is 13.5 Å². The van der Waals surface area contributed by atoms with Crippen LogP contribution < -0.4 is 4.72 Å². The molecule has 31 heavy (non-hydrogen) atoms. The Balaban J connectivity index is 2.01. The molecule has 3 aromatic rings. The topological polar surface area (TPSA) is 98.9 Å². The zero-order valence-corrected chi connectivity index (χ0v) is 19.8. The molecule has 0 atom stereocenters. The molecule has 1 N–H and O–H groups in total. The van der Waals surface area contributed by atoms with E-state index in [1.54, 1.807) is 17.8 Å². The molecule has 1 amide bonds. The minimum absolute atomic E-state index is 0.184. The van der Waals surface area contributed by atoms with Gasteiger partial charge in [0.25, 0.3) is 15.9 Å². The Labute approximate surface area is 183 Å². The average Bonchev–Trinajstić information content (AvgIpc) is 3.24. The number of carbonyl (C=O) groups is 1. The van der Waals surface area contributed by atoms with E-state index in [0.29, 0.717) is 12.2 Å². The van der Waals surface area contributed by atoms with Crippen LogP contribution in [0.15, 0.2) is 35.7 Å². The Morgan fingerprint density at radius 3 is 2.23 bits per heavy atom. The van der Waals surface area contributed by atoms with Crippen molar-refractivity contribution in [3.8, 4) is 0 Å². The van der Waals surface area contributed by atoms with Gasteiger partial charge in [-0.15, -0.1) is 0 Å². The van der Waals surface area contributed by atoms with E-state index in [1.807, 2.05) is 41.5 Å². The Hall–Kier alpha value is -2.94. The van der Waals surface area contributed by atoms with E-state index in [0.717, 1.165) is 22.3 Å². The van der Waals surface area contributed by atoms with Crippen molar-refractivity contribution in [2.24, 2.45) is 7.05 Å². The van der Waals surface area contributed by atoms with E-state index < -0.39 is 15.9 Å². The molecule has 2 aromatic heterocycles. The molecular weight excluding hydrogens is 414 g/mol. The highest BCUT2D eigenvalue weighted by Crippen LogP contribution is 2.24. The van der Waals surface area contributed by atoms with E-state index >= 15 is 0 Å². The third-order valence-electron chi connectivity index (χ3n) is 5.11. The molecule has 0 saturated heterocycles. The quantitative estimate of drug-likeness (QED) is 0.654. The fraction of sp³-hybridized carbons (Fsp3) is 0.409. The molecule has 3 rings (SSSR count). The summed E-state index contributed by atoms with van der Waals surface area (Å²) in [4.78, 5) is 16.9. The van der Waals surface area contributed by atoms with E-state index in [4.69, 9.17) is 0 Å². The predicted octanol–water partition coefficient (Wildman–Crippen LogP) is 3.01. The first-order valence-electron chi connectivity index (χ1n) is 9.98. The number of sulfonamides is 1. The highest BCUT2D eigenvalue weighted by Gasteiger charge is 2.27. The van der Waals surface area contributed by atoms with Crippen molar-refractivity contribution in [1.29, 1.82) is 0 Å². The largest absolute Gasteiger partial charge is 0.339 e. The molecule has 0 aliphatic heterocycles. The first-order chi connectivity index (χ1) is 14.3. The minimum atomic E-state index is -4.10. The zero-order chi connectivity index (χ0) is 23.1. The molecule has 166 valence electrons. The van der Waals surface area contributed by atoms with E-state index in [2.05, 4.69) is 26.9 Å². The number of rotatable bonds is 5. The molecular formula is C22H29N5O3S. The maximum absolute atomic E-state index is 13.0. The average molecular weight is 444 g/mol. The molecule has 0 spiro atoms. The van der Waals surface area contributed by atoms with Crippen LogP contribution in [-0.4, -0.2) is 33.7 Å². The first kappa shape index (κ1) is 22.7. The maximum Gasteiger partial charge on any atom is 0.283 e. The molecule has 0 unspecified atom stereocenters. The fourth-order valence-electron chi connectivity index (χ4n) is 3.45. The van der Waals surface area contributed by atoms with Crippen LogP contribution in [0.4, 0.5) is 0 Å². The fourth-order valence-corrected chi connectivity index (χ4v) is 4.39. The molecule has 0 radical (unpaired) electrons. The molecule has 0 bridgehead atoms. The smallest absolute Gasteiger partial charge is 0.283 e. The number of aromatic nitrogens is 4. The summed E-state index contributed by atoms with van der Waals surface area (Å²) in [6.07, 6.45) is 2.70. The van der Waals surface area contributed by atoms with Gasteiger partial charge in [-0.05, 0) is 43.5 Å². The van der Waals surface area contributed by atoms with Gasteiger partial charge < -0.3 is 4.57 Å².